The Labute approximate surface area is 147 Å². The summed E-state index contributed by atoms with van der Waals surface area (Å²) in [4.78, 5) is 27.3. The van der Waals surface area contributed by atoms with Gasteiger partial charge in [-0.3, -0.25) is 9.59 Å². The lowest BCUT2D eigenvalue weighted by atomic mass is 9.89. The molecule has 4 heteroatoms. The van der Waals surface area contributed by atoms with Crippen LogP contribution in [0.2, 0.25) is 0 Å². The summed E-state index contributed by atoms with van der Waals surface area (Å²) in [5.41, 5.74) is 4.10. The summed E-state index contributed by atoms with van der Waals surface area (Å²) in [6, 6.07) is 16.2. The van der Waals surface area contributed by atoms with Crippen molar-refractivity contribution in [2.75, 3.05) is 11.9 Å². The van der Waals surface area contributed by atoms with E-state index in [4.69, 9.17) is 0 Å². The Morgan fingerprint density at radius 3 is 2.68 bits per heavy atom. The van der Waals surface area contributed by atoms with Gasteiger partial charge < -0.3 is 10.2 Å². The number of likely N-dealkylation sites (tertiary alicyclic amines) is 1. The van der Waals surface area contributed by atoms with Crippen molar-refractivity contribution in [2.24, 2.45) is 0 Å². The van der Waals surface area contributed by atoms with Gasteiger partial charge in [-0.15, -0.1) is 0 Å². The van der Waals surface area contributed by atoms with Gasteiger partial charge in [0, 0.05) is 18.7 Å². The molecule has 0 spiro atoms. The number of carbonyl (C=O) groups excluding carboxylic acids is 2. The van der Waals surface area contributed by atoms with Crippen molar-refractivity contribution in [1.82, 2.24) is 4.90 Å². The molecule has 0 radical (unpaired) electrons. The number of para-hydroxylation sites is 1. The highest BCUT2D eigenvalue weighted by Crippen LogP contribution is 2.38. The number of hydrogen-bond donors (Lipinski definition) is 1. The van der Waals surface area contributed by atoms with Crippen LogP contribution in [-0.2, 0) is 9.59 Å². The van der Waals surface area contributed by atoms with Crippen molar-refractivity contribution in [2.45, 2.75) is 38.1 Å². The number of anilines is 1. The lowest BCUT2D eigenvalue weighted by Gasteiger charge is -2.32. The van der Waals surface area contributed by atoms with E-state index < -0.39 is 0 Å². The first-order valence-electron chi connectivity index (χ1n) is 8.89. The fourth-order valence-electron chi connectivity index (χ4n) is 4.00. The normalized spacial score (nSPS) is 22.4. The third kappa shape index (κ3) is 2.93. The minimum atomic E-state index is -0.379. The molecule has 0 aliphatic carbocycles. The van der Waals surface area contributed by atoms with Crippen LogP contribution < -0.4 is 5.32 Å². The summed E-state index contributed by atoms with van der Waals surface area (Å²) < 4.78 is 0. The Balaban J connectivity index is 1.64. The minimum absolute atomic E-state index is 0.0744. The van der Waals surface area contributed by atoms with Crippen LogP contribution in [0.3, 0.4) is 0 Å². The van der Waals surface area contributed by atoms with E-state index in [1.54, 1.807) is 0 Å². The van der Waals surface area contributed by atoms with E-state index in [1.807, 2.05) is 29.2 Å². The molecule has 1 saturated heterocycles. The first kappa shape index (κ1) is 15.9. The summed E-state index contributed by atoms with van der Waals surface area (Å²) in [6.07, 6.45) is 2.22. The van der Waals surface area contributed by atoms with Gasteiger partial charge in [-0.05, 0) is 37.0 Å². The number of carbonyl (C=O) groups is 2. The molecule has 4 nitrogen and oxygen atoms in total. The molecular formula is C21H22N2O2. The molecule has 1 N–H and O–H groups in total. The molecule has 2 aromatic carbocycles. The van der Waals surface area contributed by atoms with Crippen molar-refractivity contribution in [3.63, 3.8) is 0 Å². The van der Waals surface area contributed by atoms with Gasteiger partial charge in [0.05, 0.1) is 12.0 Å². The predicted octanol–water partition coefficient (Wildman–Crippen LogP) is 3.78. The van der Waals surface area contributed by atoms with E-state index in [2.05, 4.69) is 36.5 Å². The first-order valence-corrected chi connectivity index (χ1v) is 8.89. The first-order chi connectivity index (χ1) is 12.1. The number of nitrogens with zero attached hydrogens (tertiary/aromatic N) is 1. The van der Waals surface area contributed by atoms with Crippen LogP contribution in [0.15, 0.2) is 48.5 Å². The van der Waals surface area contributed by atoms with Crippen molar-refractivity contribution >= 4 is 17.5 Å². The van der Waals surface area contributed by atoms with Crippen molar-refractivity contribution < 1.29 is 9.59 Å². The van der Waals surface area contributed by atoms with E-state index in [0.29, 0.717) is 0 Å². The number of aryl methyl sites for hydroxylation is 1. The number of rotatable bonds is 2. The van der Waals surface area contributed by atoms with Gasteiger partial charge >= 0.3 is 0 Å². The average molecular weight is 334 g/mol. The number of fused-ring (bicyclic) bond motifs is 1. The van der Waals surface area contributed by atoms with E-state index in [9.17, 15) is 9.59 Å². The molecule has 0 aromatic heterocycles. The molecule has 128 valence electrons. The Bertz CT molecular complexity index is 813. The molecule has 0 unspecified atom stereocenters. The molecule has 25 heavy (non-hydrogen) atoms. The number of hydrogen-bond acceptors (Lipinski definition) is 2. The predicted molar refractivity (Wildman–Crippen MR) is 97.3 cm³/mol. The second kappa shape index (κ2) is 6.36. The van der Waals surface area contributed by atoms with Gasteiger partial charge in [0.1, 0.15) is 0 Å². The molecule has 2 aromatic rings. The average Bonchev–Trinajstić information content (AvgIpc) is 3.10. The lowest BCUT2D eigenvalue weighted by molar-refractivity contribution is -0.135. The van der Waals surface area contributed by atoms with E-state index in [0.717, 1.165) is 30.6 Å². The zero-order valence-electron chi connectivity index (χ0n) is 14.4. The molecule has 0 bridgehead atoms. The van der Waals surface area contributed by atoms with Crippen molar-refractivity contribution in [3.05, 3.63) is 65.2 Å². The van der Waals surface area contributed by atoms with Crippen LogP contribution in [0.4, 0.5) is 5.69 Å². The molecule has 2 heterocycles. The van der Waals surface area contributed by atoms with Crippen LogP contribution in [0.25, 0.3) is 0 Å². The third-order valence-corrected chi connectivity index (χ3v) is 5.30. The highest BCUT2D eigenvalue weighted by Gasteiger charge is 2.38. The summed E-state index contributed by atoms with van der Waals surface area (Å²) in [5.74, 6) is -0.385. The Morgan fingerprint density at radius 2 is 1.88 bits per heavy atom. The Hall–Kier alpha value is -2.62. The van der Waals surface area contributed by atoms with Crippen LogP contribution in [0.5, 0.6) is 0 Å². The van der Waals surface area contributed by atoms with Gasteiger partial charge in [-0.25, -0.2) is 0 Å². The highest BCUT2D eigenvalue weighted by molar-refractivity contribution is 6.01. The summed E-state index contributed by atoms with van der Waals surface area (Å²) in [7, 11) is 0. The summed E-state index contributed by atoms with van der Waals surface area (Å²) in [5, 5.41) is 2.87. The maximum atomic E-state index is 13.3. The third-order valence-electron chi connectivity index (χ3n) is 5.30. The van der Waals surface area contributed by atoms with Gasteiger partial charge in [0.2, 0.25) is 11.8 Å². The molecule has 1 fully saturated rings. The largest absolute Gasteiger partial charge is 0.335 e. The van der Waals surface area contributed by atoms with Crippen molar-refractivity contribution in [3.8, 4) is 0 Å². The maximum Gasteiger partial charge on any atom is 0.231 e. The maximum absolute atomic E-state index is 13.3. The smallest absolute Gasteiger partial charge is 0.231 e. The zero-order chi connectivity index (χ0) is 17.4. The molecule has 4 rings (SSSR count). The fraction of sp³-hybridized carbons (Fsp3) is 0.333. The topological polar surface area (TPSA) is 49.4 Å². The van der Waals surface area contributed by atoms with Gasteiger partial charge in [0.25, 0.3) is 0 Å². The van der Waals surface area contributed by atoms with Crippen molar-refractivity contribution in [1.29, 1.82) is 0 Å². The summed E-state index contributed by atoms with van der Waals surface area (Å²) in [6.45, 7) is 2.83. The van der Waals surface area contributed by atoms with E-state index in [1.165, 1.54) is 11.1 Å². The second-order valence-electron chi connectivity index (χ2n) is 6.99. The SMILES string of the molecule is Cc1ccc([C@H]2CCCN2C(=O)[C@H]2CC(=O)Nc3ccccc32)cc1. The number of amides is 2. The van der Waals surface area contributed by atoms with Crippen LogP contribution in [0.1, 0.15) is 47.9 Å². The molecule has 2 atom stereocenters. The number of benzene rings is 2. The van der Waals surface area contributed by atoms with Gasteiger partial charge in [-0.2, -0.15) is 0 Å². The number of nitrogens with one attached hydrogen (secondary N) is 1. The lowest BCUT2D eigenvalue weighted by Crippen LogP contribution is -2.38. The van der Waals surface area contributed by atoms with Gasteiger partial charge in [-0.1, -0.05) is 48.0 Å². The molecule has 0 saturated carbocycles. The Kier molecular flexibility index (Phi) is 4.04. The minimum Gasteiger partial charge on any atom is -0.335 e. The molecule has 2 aliphatic heterocycles. The zero-order valence-corrected chi connectivity index (χ0v) is 14.4. The molecule has 2 amide bonds. The van der Waals surface area contributed by atoms with Crippen LogP contribution in [0, 0.1) is 6.92 Å². The van der Waals surface area contributed by atoms with Gasteiger partial charge in [0.15, 0.2) is 0 Å². The van der Waals surface area contributed by atoms with Crippen LogP contribution >= 0.6 is 0 Å². The quantitative estimate of drug-likeness (QED) is 0.908. The van der Waals surface area contributed by atoms with Crippen LogP contribution in [-0.4, -0.2) is 23.3 Å². The monoisotopic (exact) mass is 334 g/mol. The standard InChI is InChI=1S/C21H22N2O2/c1-14-8-10-15(11-9-14)19-7-4-12-23(19)21(25)17-13-20(24)22-18-6-3-2-5-16(17)18/h2-3,5-6,8-11,17,19H,4,7,12-13H2,1H3,(H,22,24)/t17-,19+/m0/s1. The van der Waals surface area contributed by atoms with E-state index in [-0.39, 0.29) is 30.2 Å². The molecule has 2 aliphatic rings. The fourth-order valence-corrected chi connectivity index (χ4v) is 4.00. The summed E-state index contributed by atoms with van der Waals surface area (Å²) >= 11 is 0. The molecular weight excluding hydrogens is 312 g/mol. The highest BCUT2D eigenvalue weighted by atomic mass is 16.2. The second-order valence-corrected chi connectivity index (χ2v) is 6.99. The Morgan fingerprint density at radius 1 is 1.12 bits per heavy atom. The van der Waals surface area contributed by atoms with E-state index >= 15 is 0 Å².